The highest BCUT2D eigenvalue weighted by atomic mass is 16.5. The van der Waals surface area contributed by atoms with Crippen molar-refractivity contribution in [2.45, 2.75) is 19.3 Å². The van der Waals surface area contributed by atoms with E-state index in [-0.39, 0.29) is 0 Å². The first kappa shape index (κ1) is 13.4. The standard InChI is InChI=1S/C16H22N2O2/c17-16(19)12-4-6-15(7-5-12)20-9-1-8-18-10-13-2-3-14(13)11-18/h4-7,13-14H,1-3,8-11H2,(H2,17,19). The summed E-state index contributed by atoms with van der Waals surface area (Å²) in [6.07, 6.45) is 3.92. The molecule has 2 unspecified atom stereocenters. The number of hydrogen-bond acceptors (Lipinski definition) is 3. The van der Waals surface area contributed by atoms with Crippen LogP contribution in [0.2, 0.25) is 0 Å². The molecule has 1 aliphatic carbocycles. The van der Waals surface area contributed by atoms with Crippen LogP contribution in [0.4, 0.5) is 0 Å². The van der Waals surface area contributed by atoms with E-state index in [4.69, 9.17) is 10.5 Å². The van der Waals surface area contributed by atoms with Gasteiger partial charge in [-0.3, -0.25) is 4.79 Å². The van der Waals surface area contributed by atoms with Crippen LogP contribution in [0, 0.1) is 11.8 Å². The Labute approximate surface area is 119 Å². The molecule has 1 amide bonds. The van der Waals surface area contributed by atoms with E-state index in [1.165, 1.54) is 25.9 Å². The average Bonchev–Trinajstić information content (AvgIpc) is 2.71. The molecule has 0 aromatic heterocycles. The number of amides is 1. The summed E-state index contributed by atoms with van der Waals surface area (Å²) >= 11 is 0. The van der Waals surface area contributed by atoms with E-state index in [9.17, 15) is 4.79 Å². The third-order valence-electron chi connectivity index (χ3n) is 4.59. The zero-order valence-electron chi connectivity index (χ0n) is 11.8. The maximum atomic E-state index is 11.0. The summed E-state index contributed by atoms with van der Waals surface area (Å²) in [5, 5.41) is 0. The molecule has 0 spiro atoms. The van der Waals surface area contributed by atoms with E-state index in [0.717, 1.165) is 37.2 Å². The van der Waals surface area contributed by atoms with Crippen LogP contribution in [0.3, 0.4) is 0 Å². The first-order chi connectivity index (χ1) is 9.72. The monoisotopic (exact) mass is 274 g/mol. The van der Waals surface area contributed by atoms with Gasteiger partial charge in [0.2, 0.25) is 5.91 Å². The number of benzene rings is 1. The predicted molar refractivity (Wildman–Crippen MR) is 77.7 cm³/mol. The number of rotatable bonds is 6. The number of carbonyl (C=O) groups is 1. The second kappa shape index (κ2) is 5.83. The molecule has 20 heavy (non-hydrogen) atoms. The van der Waals surface area contributed by atoms with Gasteiger partial charge in [-0.25, -0.2) is 0 Å². The highest BCUT2D eigenvalue weighted by Gasteiger charge is 2.38. The molecule has 1 aliphatic heterocycles. The maximum absolute atomic E-state index is 11.0. The predicted octanol–water partition coefficient (Wildman–Crippen LogP) is 1.90. The number of nitrogens with two attached hydrogens (primary N) is 1. The van der Waals surface area contributed by atoms with Crippen molar-refractivity contribution in [3.8, 4) is 5.75 Å². The summed E-state index contributed by atoms with van der Waals surface area (Å²) in [5.41, 5.74) is 5.72. The number of fused-ring (bicyclic) bond motifs is 1. The quantitative estimate of drug-likeness (QED) is 0.806. The molecule has 1 aromatic rings. The van der Waals surface area contributed by atoms with Crippen molar-refractivity contribution >= 4 is 5.91 Å². The number of carbonyl (C=O) groups excluding carboxylic acids is 1. The van der Waals surface area contributed by atoms with E-state index >= 15 is 0 Å². The molecule has 2 N–H and O–H groups in total. The maximum Gasteiger partial charge on any atom is 0.248 e. The first-order valence-electron chi connectivity index (χ1n) is 7.47. The van der Waals surface area contributed by atoms with Gasteiger partial charge in [0.15, 0.2) is 0 Å². The summed E-state index contributed by atoms with van der Waals surface area (Å²) < 4.78 is 5.69. The Morgan fingerprint density at radius 2 is 1.85 bits per heavy atom. The molecule has 1 aromatic carbocycles. The second-order valence-corrected chi connectivity index (χ2v) is 5.95. The van der Waals surface area contributed by atoms with Crippen LogP contribution in [0.25, 0.3) is 0 Å². The molecule has 3 rings (SSSR count). The molecule has 2 fully saturated rings. The van der Waals surface area contributed by atoms with Gasteiger partial charge in [0.25, 0.3) is 0 Å². The van der Waals surface area contributed by atoms with Crippen molar-refractivity contribution in [1.82, 2.24) is 4.90 Å². The lowest BCUT2D eigenvalue weighted by Crippen LogP contribution is -2.23. The van der Waals surface area contributed by atoms with Gasteiger partial charge >= 0.3 is 0 Å². The van der Waals surface area contributed by atoms with Crippen LogP contribution in [0.5, 0.6) is 5.75 Å². The number of primary amides is 1. The van der Waals surface area contributed by atoms with Gasteiger partial charge in [-0.2, -0.15) is 0 Å². The smallest absolute Gasteiger partial charge is 0.248 e. The van der Waals surface area contributed by atoms with E-state index in [1.54, 1.807) is 24.3 Å². The lowest BCUT2D eigenvalue weighted by molar-refractivity contribution is 0.100. The Morgan fingerprint density at radius 1 is 1.20 bits per heavy atom. The van der Waals surface area contributed by atoms with Crippen LogP contribution in [-0.4, -0.2) is 37.0 Å². The first-order valence-corrected chi connectivity index (χ1v) is 7.47. The molecule has 108 valence electrons. The van der Waals surface area contributed by atoms with Gasteiger partial charge in [0.1, 0.15) is 5.75 Å². The minimum Gasteiger partial charge on any atom is -0.494 e. The van der Waals surface area contributed by atoms with Crippen molar-refractivity contribution in [2.24, 2.45) is 17.6 Å². The molecular weight excluding hydrogens is 252 g/mol. The summed E-state index contributed by atoms with van der Waals surface area (Å²) in [7, 11) is 0. The Balaban J connectivity index is 1.36. The number of likely N-dealkylation sites (tertiary alicyclic amines) is 1. The number of nitrogens with zero attached hydrogens (tertiary/aromatic N) is 1. The van der Waals surface area contributed by atoms with Gasteiger partial charge in [0, 0.05) is 25.2 Å². The van der Waals surface area contributed by atoms with Crippen LogP contribution in [0.1, 0.15) is 29.6 Å². The zero-order valence-corrected chi connectivity index (χ0v) is 11.8. The topological polar surface area (TPSA) is 55.6 Å². The van der Waals surface area contributed by atoms with Crippen molar-refractivity contribution in [3.63, 3.8) is 0 Å². The Morgan fingerprint density at radius 3 is 2.40 bits per heavy atom. The summed E-state index contributed by atoms with van der Waals surface area (Å²) in [5.74, 6) is 2.37. The fourth-order valence-corrected chi connectivity index (χ4v) is 3.23. The van der Waals surface area contributed by atoms with E-state index in [2.05, 4.69) is 4.90 Å². The van der Waals surface area contributed by atoms with E-state index in [0.29, 0.717) is 5.56 Å². The van der Waals surface area contributed by atoms with E-state index < -0.39 is 5.91 Å². The molecule has 1 heterocycles. The zero-order chi connectivity index (χ0) is 13.9. The highest BCUT2D eigenvalue weighted by Crippen LogP contribution is 2.40. The fraction of sp³-hybridized carbons (Fsp3) is 0.562. The Bertz CT molecular complexity index is 460. The largest absolute Gasteiger partial charge is 0.494 e. The van der Waals surface area contributed by atoms with Crippen LogP contribution < -0.4 is 10.5 Å². The van der Waals surface area contributed by atoms with Crippen molar-refractivity contribution in [2.75, 3.05) is 26.2 Å². The van der Waals surface area contributed by atoms with Gasteiger partial charge in [0.05, 0.1) is 6.61 Å². The molecule has 0 radical (unpaired) electrons. The summed E-state index contributed by atoms with van der Waals surface area (Å²) in [4.78, 5) is 13.5. The lowest BCUT2D eigenvalue weighted by Gasteiger charge is -2.28. The van der Waals surface area contributed by atoms with Gasteiger partial charge in [-0.15, -0.1) is 0 Å². The van der Waals surface area contributed by atoms with Crippen LogP contribution in [-0.2, 0) is 0 Å². The van der Waals surface area contributed by atoms with Gasteiger partial charge in [-0.05, 0) is 55.4 Å². The van der Waals surface area contributed by atoms with Crippen LogP contribution in [0.15, 0.2) is 24.3 Å². The average molecular weight is 274 g/mol. The Kier molecular flexibility index (Phi) is 3.92. The molecule has 2 aliphatic rings. The SMILES string of the molecule is NC(=O)c1ccc(OCCCN2CC3CCC3C2)cc1. The Hall–Kier alpha value is -1.55. The van der Waals surface area contributed by atoms with Gasteiger partial charge in [-0.1, -0.05) is 0 Å². The normalized spacial score (nSPS) is 25.0. The third kappa shape index (κ3) is 2.96. The lowest BCUT2D eigenvalue weighted by atomic mass is 9.77. The third-order valence-corrected chi connectivity index (χ3v) is 4.59. The molecular formula is C16H22N2O2. The van der Waals surface area contributed by atoms with Crippen LogP contribution >= 0.6 is 0 Å². The number of hydrogen-bond donors (Lipinski definition) is 1. The molecule has 1 saturated carbocycles. The second-order valence-electron chi connectivity index (χ2n) is 5.95. The van der Waals surface area contributed by atoms with Crippen molar-refractivity contribution in [3.05, 3.63) is 29.8 Å². The van der Waals surface area contributed by atoms with Crippen molar-refractivity contribution < 1.29 is 9.53 Å². The van der Waals surface area contributed by atoms with Gasteiger partial charge < -0.3 is 15.4 Å². The van der Waals surface area contributed by atoms with Crippen molar-refractivity contribution in [1.29, 1.82) is 0 Å². The molecule has 1 saturated heterocycles. The van der Waals surface area contributed by atoms with E-state index in [1.807, 2.05) is 0 Å². The summed E-state index contributed by atoms with van der Waals surface area (Å²) in [6, 6.07) is 7.01. The minimum absolute atomic E-state index is 0.403. The number of ether oxygens (including phenoxy) is 1. The minimum atomic E-state index is -0.403. The highest BCUT2D eigenvalue weighted by molar-refractivity contribution is 5.92. The molecule has 0 bridgehead atoms. The molecule has 4 heteroatoms. The fourth-order valence-electron chi connectivity index (χ4n) is 3.23. The molecule has 4 nitrogen and oxygen atoms in total. The molecule has 2 atom stereocenters. The summed E-state index contributed by atoms with van der Waals surface area (Å²) in [6.45, 7) is 4.43.